The fourth-order valence-corrected chi connectivity index (χ4v) is 4.83. The highest BCUT2D eigenvalue weighted by Crippen LogP contribution is 2.30. The van der Waals surface area contributed by atoms with Gasteiger partial charge in [-0.15, -0.1) is 0 Å². The van der Waals surface area contributed by atoms with Gasteiger partial charge in [0.2, 0.25) is 0 Å². The molecule has 2 aliphatic heterocycles. The first kappa shape index (κ1) is 23.8. The van der Waals surface area contributed by atoms with Crippen LogP contribution in [0.3, 0.4) is 0 Å². The van der Waals surface area contributed by atoms with Crippen molar-refractivity contribution < 1.29 is 4.39 Å². The molecule has 0 bridgehead atoms. The summed E-state index contributed by atoms with van der Waals surface area (Å²) in [5.41, 5.74) is 4.28. The Hall–Kier alpha value is -2.94. The molecule has 2 aliphatic rings. The molecule has 0 radical (unpaired) electrons. The largest absolute Gasteiger partial charge is 0.354 e. The number of likely N-dealkylation sites (N-methyl/N-ethyl adjacent to an activating group) is 1. The molecule has 7 nitrogen and oxygen atoms in total. The molecule has 3 aromatic rings. The fourth-order valence-electron chi connectivity index (χ4n) is 4.83. The molecule has 4 heterocycles. The van der Waals surface area contributed by atoms with Crippen molar-refractivity contribution in [2.75, 3.05) is 64.8 Å². The third-order valence-corrected chi connectivity index (χ3v) is 6.87. The van der Waals surface area contributed by atoms with Gasteiger partial charge < -0.3 is 9.80 Å². The molecule has 0 atom stereocenters. The molecule has 35 heavy (non-hydrogen) atoms. The van der Waals surface area contributed by atoms with Gasteiger partial charge in [0.05, 0.1) is 5.69 Å². The molecule has 0 saturated carbocycles. The molecule has 1 fully saturated rings. The van der Waals surface area contributed by atoms with Gasteiger partial charge >= 0.3 is 0 Å². The summed E-state index contributed by atoms with van der Waals surface area (Å²) in [6, 6.07) is 12.7. The molecule has 1 aromatic carbocycles. The topological polar surface area (TPSA) is 51.6 Å². The van der Waals surface area contributed by atoms with Gasteiger partial charge in [-0.25, -0.2) is 14.4 Å². The van der Waals surface area contributed by atoms with Crippen molar-refractivity contribution in [2.24, 2.45) is 0 Å². The van der Waals surface area contributed by atoms with Crippen LogP contribution in [0.15, 0.2) is 48.7 Å². The molecular formula is C27H34FN7. The first-order valence-corrected chi connectivity index (χ1v) is 12.5. The minimum atomic E-state index is -0.194. The minimum absolute atomic E-state index is 0.194. The number of pyridine rings is 1. The lowest BCUT2D eigenvalue weighted by Gasteiger charge is -2.38. The second-order valence-corrected chi connectivity index (χ2v) is 9.73. The Balaban J connectivity index is 1.39. The van der Waals surface area contributed by atoms with Crippen LogP contribution in [0.1, 0.15) is 16.8 Å². The first-order chi connectivity index (χ1) is 17.0. The summed E-state index contributed by atoms with van der Waals surface area (Å²) < 4.78 is 13.4. The van der Waals surface area contributed by atoms with Crippen LogP contribution >= 0.6 is 0 Å². The monoisotopic (exact) mass is 475 g/mol. The van der Waals surface area contributed by atoms with E-state index >= 15 is 0 Å². The molecule has 0 aliphatic carbocycles. The van der Waals surface area contributed by atoms with Gasteiger partial charge in [-0.2, -0.15) is 0 Å². The predicted octanol–water partition coefficient (Wildman–Crippen LogP) is 2.92. The summed E-state index contributed by atoms with van der Waals surface area (Å²) in [6.07, 6.45) is 2.67. The van der Waals surface area contributed by atoms with E-state index in [4.69, 9.17) is 9.97 Å². The molecule has 0 N–H and O–H groups in total. The summed E-state index contributed by atoms with van der Waals surface area (Å²) >= 11 is 0. The van der Waals surface area contributed by atoms with Gasteiger partial charge in [-0.1, -0.05) is 18.2 Å². The summed E-state index contributed by atoms with van der Waals surface area (Å²) in [5.74, 6) is 1.56. The zero-order valence-electron chi connectivity index (χ0n) is 20.7. The second kappa shape index (κ2) is 10.8. The number of hydrogen-bond donors (Lipinski definition) is 0. The van der Waals surface area contributed by atoms with Gasteiger partial charge in [0.15, 0.2) is 5.82 Å². The van der Waals surface area contributed by atoms with Gasteiger partial charge in [0.25, 0.3) is 0 Å². The quantitative estimate of drug-likeness (QED) is 0.521. The van der Waals surface area contributed by atoms with Crippen LogP contribution in [0.25, 0.3) is 11.5 Å². The average Bonchev–Trinajstić information content (AvgIpc) is 2.89. The fraction of sp³-hybridized carbons (Fsp3) is 0.444. The number of halogens is 1. The van der Waals surface area contributed by atoms with E-state index in [2.05, 4.69) is 38.7 Å². The zero-order valence-corrected chi connectivity index (χ0v) is 20.7. The van der Waals surface area contributed by atoms with Crippen molar-refractivity contribution in [3.63, 3.8) is 0 Å². The SMILES string of the molecule is CN(C)CCN1CCN(c2nc(-c3ccccn3)nc3c2CN(Cc2ccc(F)cc2)CC3)CC1. The molecule has 0 amide bonds. The summed E-state index contributed by atoms with van der Waals surface area (Å²) in [5, 5.41) is 0. The van der Waals surface area contributed by atoms with Crippen LogP contribution in [-0.2, 0) is 19.5 Å². The number of anilines is 1. The van der Waals surface area contributed by atoms with Crippen molar-refractivity contribution >= 4 is 5.82 Å². The molecule has 184 valence electrons. The number of hydrogen-bond acceptors (Lipinski definition) is 7. The number of benzene rings is 1. The van der Waals surface area contributed by atoms with E-state index in [0.717, 1.165) is 88.1 Å². The summed E-state index contributed by atoms with van der Waals surface area (Å²) in [6.45, 7) is 8.65. The number of rotatable bonds is 7. The highest BCUT2D eigenvalue weighted by molar-refractivity contribution is 5.58. The van der Waals surface area contributed by atoms with Crippen LogP contribution < -0.4 is 4.90 Å². The lowest BCUT2D eigenvalue weighted by molar-refractivity contribution is 0.226. The van der Waals surface area contributed by atoms with Crippen molar-refractivity contribution in [1.29, 1.82) is 0 Å². The number of fused-ring (bicyclic) bond motifs is 1. The Morgan fingerprint density at radius 3 is 2.43 bits per heavy atom. The van der Waals surface area contributed by atoms with Crippen LogP contribution in [-0.4, -0.2) is 89.6 Å². The Morgan fingerprint density at radius 1 is 0.914 bits per heavy atom. The highest BCUT2D eigenvalue weighted by Gasteiger charge is 2.28. The summed E-state index contributed by atoms with van der Waals surface area (Å²) in [4.78, 5) is 24.2. The third-order valence-electron chi connectivity index (χ3n) is 6.87. The Labute approximate surface area is 207 Å². The van der Waals surface area contributed by atoms with E-state index in [0.29, 0.717) is 5.82 Å². The minimum Gasteiger partial charge on any atom is -0.354 e. The molecule has 5 rings (SSSR count). The van der Waals surface area contributed by atoms with E-state index in [1.165, 1.54) is 17.7 Å². The smallest absolute Gasteiger partial charge is 0.180 e. The van der Waals surface area contributed by atoms with E-state index in [9.17, 15) is 4.39 Å². The lowest BCUT2D eigenvalue weighted by Crippen LogP contribution is -2.49. The third kappa shape index (κ3) is 5.83. The predicted molar refractivity (Wildman–Crippen MR) is 137 cm³/mol. The van der Waals surface area contributed by atoms with Crippen molar-refractivity contribution in [2.45, 2.75) is 19.5 Å². The maximum Gasteiger partial charge on any atom is 0.180 e. The molecule has 2 aromatic heterocycles. The Bertz CT molecular complexity index is 1110. The van der Waals surface area contributed by atoms with E-state index in [1.54, 1.807) is 6.20 Å². The van der Waals surface area contributed by atoms with Crippen molar-refractivity contribution in [1.82, 2.24) is 29.7 Å². The van der Waals surface area contributed by atoms with Crippen LogP contribution in [0.2, 0.25) is 0 Å². The van der Waals surface area contributed by atoms with Gasteiger partial charge in [0.1, 0.15) is 17.3 Å². The Morgan fingerprint density at radius 2 is 1.71 bits per heavy atom. The van der Waals surface area contributed by atoms with Crippen molar-refractivity contribution in [3.8, 4) is 11.5 Å². The standard InChI is InChI=1S/C27H34FN7/c1-32(2)13-14-33-15-17-35(18-16-33)27-23-20-34(19-21-6-8-22(28)9-7-21)12-10-24(23)30-26(31-27)25-5-3-4-11-29-25/h3-9,11H,10,12-20H2,1-2H3. The normalized spacial score (nSPS) is 17.1. The molecule has 0 unspecified atom stereocenters. The number of aromatic nitrogens is 3. The average molecular weight is 476 g/mol. The van der Waals surface area contributed by atoms with Gasteiger partial charge in [-0.3, -0.25) is 14.8 Å². The lowest BCUT2D eigenvalue weighted by atomic mass is 10.0. The maximum atomic E-state index is 13.4. The maximum absolute atomic E-state index is 13.4. The second-order valence-electron chi connectivity index (χ2n) is 9.73. The van der Waals surface area contributed by atoms with E-state index in [1.807, 2.05) is 30.3 Å². The molecule has 8 heteroatoms. The molecule has 0 spiro atoms. The van der Waals surface area contributed by atoms with Gasteiger partial charge in [-0.05, 0) is 43.9 Å². The van der Waals surface area contributed by atoms with Crippen molar-refractivity contribution in [3.05, 3.63) is 71.3 Å². The Kier molecular flexibility index (Phi) is 7.32. The van der Waals surface area contributed by atoms with Crippen LogP contribution in [0.4, 0.5) is 10.2 Å². The van der Waals surface area contributed by atoms with Crippen LogP contribution in [0.5, 0.6) is 0 Å². The highest BCUT2D eigenvalue weighted by atomic mass is 19.1. The van der Waals surface area contributed by atoms with Crippen LogP contribution in [0, 0.1) is 5.82 Å². The molecular weight excluding hydrogens is 441 g/mol. The number of piperazine rings is 1. The van der Waals surface area contributed by atoms with E-state index < -0.39 is 0 Å². The zero-order chi connectivity index (χ0) is 24.2. The first-order valence-electron chi connectivity index (χ1n) is 12.5. The summed E-state index contributed by atoms with van der Waals surface area (Å²) in [7, 11) is 4.25. The van der Waals surface area contributed by atoms with E-state index in [-0.39, 0.29) is 5.82 Å². The number of nitrogens with zero attached hydrogens (tertiary/aromatic N) is 7. The van der Waals surface area contributed by atoms with Gasteiger partial charge in [0, 0.05) is 77.1 Å². The molecule has 1 saturated heterocycles.